The van der Waals surface area contributed by atoms with E-state index in [1.165, 1.54) is 19.4 Å². The Hall–Kier alpha value is -0.800. The summed E-state index contributed by atoms with van der Waals surface area (Å²) in [5, 5.41) is 4.05. The summed E-state index contributed by atoms with van der Waals surface area (Å²) in [6, 6.07) is 2.55. The van der Waals surface area contributed by atoms with Gasteiger partial charge in [-0.1, -0.05) is 11.6 Å². The van der Waals surface area contributed by atoms with Crippen LogP contribution in [-0.2, 0) is 0 Å². The molecule has 0 bridgehead atoms. The van der Waals surface area contributed by atoms with Crippen LogP contribution in [0, 0.1) is 6.92 Å². The number of rotatable bonds is 2. The quantitative estimate of drug-likeness (QED) is 0.804. The van der Waals surface area contributed by atoms with Crippen LogP contribution in [0.15, 0.2) is 12.3 Å². The molecule has 1 aliphatic rings. The lowest BCUT2D eigenvalue weighted by atomic mass is 10.1. The van der Waals surface area contributed by atoms with Crippen molar-refractivity contribution in [2.45, 2.75) is 25.8 Å². The van der Waals surface area contributed by atoms with Crippen LogP contribution in [0.25, 0.3) is 0 Å². The zero-order valence-electron chi connectivity index (χ0n) is 9.83. The van der Waals surface area contributed by atoms with Crippen molar-refractivity contribution in [3.05, 3.63) is 23.0 Å². The minimum Gasteiger partial charge on any atom is -0.379 e. The number of halogens is 1. The van der Waals surface area contributed by atoms with E-state index in [9.17, 15) is 0 Å². The molecule has 0 aliphatic carbocycles. The number of pyridine rings is 1. The molecular weight excluding hydrogens is 222 g/mol. The Labute approximate surface area is 102 Å². The Kier molecular flexibility index (Phi) is 3.66. The van der Waals surface area contributed by atoms with Gasteiger partial charge in [-0.15, -0.1) is 0 Å². The van der Waals surface area contributed by atoms with E-state index in [0.29, 0.717) is 11.2 Å². The van der Waals surface area contributed by atoms with Crippen LogP contribution in [-0.4, -0.2) is 36.1 Å². The van der Waals surface area contributed by atoms with Gasteiger partial charge in [-0.2, -0.15) is 0 Å². The van der Waals surface area contributed by atoms with Crippen LogP contribution in [0.3, 0.4) is 0 Å². The highest BCUT2D eigenvalue weighted by Gasteiger charge is 2.17. The average molecular weight is 240 g/mol. The topological polar surface area (TPSA) is 28.2 Å². The summed E-state index contributed by atoms with van der Waals surface area (Å²) in [5.74, 6) is 0. The molecule has 1 fully saturated rings. The molecule has 0 aromatic carbocycles. The lowest BCUT2D eigenvalue weighted by Gasteiger charge is -2.31. The van der Waals surface area contributed by atoms with E-state index in [1.807, 2.05) is 6.92 Å². The second kappa shape index (κ2) is 5.02. The Morgan fingerprint density at radius 2 is 2.38 bits per heavy atom. The van der Waals surface area contributed by atoms with Gasteiger partial charge in [-0.25, -0.2) is 4.98 Å². The number of aryl methyl sites for hydroxylation is 1. The molecule has 16 heavy (non-hydrogen) atoms. The minimum absolute atomic E-state index is 0.486. The van der Waals surface area contributed by atoms with E-state index >= 15 is 0 Å². The molecule has 1 aromatic rings. The second-order valence-electron chi connectivity index (χ2n) is 4.60. The zero-order chi connectivity index (χ0) is 11.5. The predicted molar refractivity (Wildman–Crippen MR) is 68.1 cm³/mol. The first-order valence-corrected chi connectivity index (χ1v) is 6.10. The van der Waals surface area contributed by atoms with Gasteiger partial charge in [0.15, 0.2) is 5.15 Å². The normalized spacial score (nSPS) is 22.1. The van der Waals surface area contributed by atoms with E-state index in [-0.39, 0.29) is 0 Å². The van der Waals surface area contributed by atoms with Crippen LogP contribution in [0.5, 0.6) is 0 Å². The Morgan fingerprint density at radius 3 is 3.12 bits per heavy atom. The third kappa shape index (κ3) is 2.86. The molecular formula is C12H18ClN3. The SMILES string of the molecule is Cc1cnc(Cl)c(NC2CCCN(C)C2)c1. The molecule has 1 aliphatic heterocycles. The molecule has 3 nitrogen and oxygen atoms in total. The number of nitrogens with one attached hydrogen (secondary N) is 1. The van der Waals surface area contributed by atoms with Crippen molar-refractivity contribution < 1.29 is 0 Å². The molecule has 1 unspecified atom stereocenters. The van der Waals surface area contributed by atoms with Crippen molar-refractivity contribution in [3.8, 4) is 0 Å². The van der Waals surface area contributed by atoms with Crippen molar-refractivity contribution in [2.24, 2.45) is 0 Å². The van der Waals surface area contributed by atoms with Gasteiger partial charge in [-0.3, -0.25) is 0 Å². The average Bonchev–Trinajstić information content (AvgIpc) is 2.24. The highest BCUT2D eigenvalue weighted by atomic mass is 35.5. The summed E-state index contributed by atoms with van der Waals surface area (Å²) in [7, 11) is 2.16. The maximum absolute atomic E-state index is 6.06. The Bertz CT molecular complexity index is 367. The Balaban J connectivity index is 2.05. The summed E-state index contributed by atoms with van der Waals surface area (Å²) in [4.78, 5) is 6.50. The number of nitrogens with zero attached hydrogens (tertiary/aromatic N) is 2. The maximum atomic E-state index is 6.06. The van der Waals surface area contributed by atoms with Gasteiger partial charge in [0.2, 0.25) is 0 Å². The fraction of sp³-hybridized carbons (Fsp3) is 0.583. The van der Waals surface area contributed by atoms with Gasteiger partial charge in [0.05, 0.1) is 5.69 Å². The number of aromatic nitrogens is 1. The fourth-order valence-electron chi connectivity index (χ4n) is 2.16. The smallest absolute Gasteiger partial charge is 0.152 e. The van der Waals surface area contributed by atoms with Crippen molar-refractivity contribution in [2.75, 3.05) is 25.5 Å². The highest BCUT2D eigenvalue weighted by molar-refractivity contribution is 6.31. The summed E-state index contributed by atoms with van der Waals surface area (Å²) in [5.41, 5.74) is 2.10. The Morgan fingerprint density at radius 1 is 1.56 bits per heavy atom. The first kappa shape index (κ1) is 11.7. The molecule has 4 heteroatoms. The van der Waals surface area contributed by atoms with E-state index in [0.717, 1.165) is 17.8 Å². The van der Waals surface area contributed by atoms with Crippen LogP contribution in [0.2, 0.25) is 5.15 Å². The summed E-state index contributed by atoms with van der Waals surface area (Å²) in [6.45, 7) is 4.30. The monoisotopic (exact) mass is 239 g/mol. The molecule has 2 rings (SSSR count). The van der Waals surface area contributed by atoms with Crippen LogP contribution < -0.4 is 5.32 Å². The molecule has 88 valence electrons. The summed E-state index contributed by atoms with van der Waals surface area (Å²) >= 11 is 6.06. The molecule has 0 amide bonds. The predicted octanol–water partition coefficient (Wildman–Crippen LogP) is 2.55. The van der Waals surface area contributed by atoms with Crippen LogP contribution in [0.1, 0.15) is 18.4 Å². The molecule has 1 aromatic heterocycles. The molecule has 2 heterocycles. The number of likely N-dealkylation sites (tertiary alicyclic amines) is 1. The van der Waals surface area contributed by atoms with Crippen molar-refractivity contribution in [1.82, 2.24) is 9.88 Å². The number of hydrogen-bond acceptors (Lipinski definition) is 3. The number of hydrogen-bond donors (Lipinski definition) is 1. The van der Waals surface area contributed by atoms with Gasteiger partial charge < -0.3 is 10.2 Å². The summed E-state index contributed by atoms with van der Waals surface area (Å²) in [6.07, 6.45) is 4.24. The fourth-order valence-corrected chi connectivity index (χ4v) is 2.32. The highest BCUT2D eigenvalue weighted by Crippen LogP contribution is 2.22. The number of piperidine rings is 1. The zero-order valence-corrected chi connectivity index (χ0v) is 10.6. The van der Waals surface area contributed by atoms with Gasteiger partial charge in [0.1, 0.15) is 0 Å². The van der Waals surface area contributed by atoms with E-state index in [1.54, 1.807) is 6.20 Å². The molecule has 0 spiro atoms. The van der Waals surface area contributed by atoms with Gasteiger partial charge >= 0.3 is 0 Å². The summed E-state index contributed by atoms with van der Waals surface area (Å²) < 4.78 is 0. The first-order valence-electron chi connectivity index (χ1n) is 5.72. The third-order valence-electron chi connectivity index (χ3n) is 2.96. The maximum Gasteiger partial charge on any atom is 0.152 e. The van der Waals surface area contributed by atoms with Gasteiger partial charge in [0.25, 0.3) is 0 Å². The third-order valence-corrected chi connectivity index (χ3v) is 3.26. The largest absolute Gasteiger partial charge is 0.379 e. The molecule has 1 N–H and O–H groups in total. The molecule has 0 radical (unpaired) electrons. The van der Waals surface area contributed by atoms with Gasteiger partial charge in [0, 0.05) is 18.8 Å². The van der Waals surface area contributed by atoms with Crippen LogP contribution in [0.4, 0.5) is 5.69 Å². The lowest BCUT2D eigenvalue weighted by Crippen LogP contribution is -2.39. The van der Waals surface area contributed by atoms with Gasteiger partial charge in [-0.05, 0) is 45.0 Å². The first-order chi connectivity index (χ1) is 7.65. The molecule has 1 saturated heterocycles. The number of anilines is 1. The number of likely N-dealkylation sites (N-methyl/N-ethyl adjacent to an activating group) is 1. The van der Waals surface area contributed by atoms with E-state index in [4.69, 9.17) is 11.6 Å². The van der Waals surface area contributed by atoms with Crippen molar-refractivity contribution >= 4 is 17.3 Å². The molecule has 0 saturated carbocycles. The van der Waals surface area contributed by atoms with E-state index in [2.05, 4.69) is 28.3 Å². The standard InChI is InChI=1S/C12H18ClN3/c1-9-6-11(12(13)14-7-9)15-10-4-3-5-16(2)8-10/h6-7,10,15H,3-5,8H2,1-2H3. The minimum atomic E-state index is 0.486. The van der Waals surface area contributed by atoms with E-state index < -0.39 is 0 Å². The van der Waals surface area contributed by atoms with Crippen LogP contribution >= 0.6 is 11.6 Å². The molecule has 1 atom stereocenters. The second-order valence-corrected chi connectivity index (χ2v) is 4.95. The lowest BCUT2D eigenvalue weighted by molar-refractivity contribution is 0.261. The van der Waals surface area contributed by atoms with Crippen molar-refractivity contribution in [1.29, 1.82) is 0 Å². The van der Waals surface area contributed by atoms with Crippen molar-refractivity contribution in [3.63, 3.8) is 0 Å².